The lowest BCUT2D eigenvalue weighted by molar-refractivity contribution is -0.154. The minimum absolute atomic E-state index is 0.138. The molecule has 0 fully saturated rings. The number of nitrogens with zero attached hydrogens (tertiary/aromatic N) is 2. The number of amides is 2. The summed E-state index contributed by atoms with van der Waals surface area (Å²) in [5, 5.41) is 1.03. The normalized spacial score (nSPS) is 12.1. The molecule has 0 spiro atoms. The summed E-state index contributed by atoms with van der Waals surface area (Å²) in [5.41, 5.74) is 6.34. The molecule has 0 radical (unpaired) electrons. The molecule has 0 unspecified atom stereocenters. The van der Waals surface area contributed by atoms with Gasteiger partial charge in [-0.05, 0) is 46.1 Å². The van der Waals surface area contributed by atoms with Gasteiger partial charge in [0.2, 0.25) is 0 Å². The number of rotatable bonds is 12. The largest absolute Gasteiger partial charge is 0.460 e. The van der Waals surface area contributed by atoms with Crippen LogP contribution in [0.25, 0.3) is 0 Å². The number of carbonyl (C=O) groups is 3. The molecule has 1 aromatic carbocycles. The molecule has 180 valence electrons. The SMILES string of the molecule is CCN(CCN(N)C(=O)[C@@H](N)CCCCC(=O)OC(C)(C)C)C(=O)OCc1ccccc1. The van der Waals surface area contributed by atoms with Gasteiger partial charge in [0, 0.05) is 19.5 Å². The van der Waals surface area contributed by atoms with Gasteiger partial charge in [0.25, 0.3) is 5.91 Å². The van der Waals surface area contributed by atoms with E-state index in [-0.39, 0.29) is 32.1 Å². The highest BCUT2D eigenvalue weighted by molar-refractivity contribution is 5.81. The minimum atomic E-state index is -0.765. The van der Waals surface area contributed by atoms with Crippen molar-refractivity contribution in [2.45, 2.75) is 71.6 Å². The lowest BCUT2D eigenvalue weighted by Crippen LogP contribution is -2.50. The van der Waals surface area contributed by atoms with E-state index in [4.69, 9.17) is 21.1 Å². The lowest BCUT2D eigenvalue weighted by atomic mass is 10.1. The number of unbranched alkanes of at least 4 members (excludes halogenated alkanes) is 1. The molecule has 32 heavy (non-hydrogen) atoms. The van der Waals surface area contributed by atoms with E-state index in [1.165, 1.54) is 4.90 Å². The van der Waals surface area contributed by atoms with E-state index in [2.05, 4.69) is 0 Å². The van der Waals surface area contributed by atoms with Crippen molar-refractivity contribution < 1.29 is 23.9 Å². The topological polar surface area (TPSA) is 128 Å². The highest BCUT2D eigenvalue weighted by Gasteiger charge is 2.21. The number of carbonyl (C=O) groups excluding carboxylic acids is 3. The number of hydrogen-bond acceptors (Lipinski definition) is 7. The first kappa shape index (κ1) is 27.4. The van der Waals surface area contributed by atoms with Gasteiger partial charge >= 0.3 is 12.1 Å². The first-order chi connectivity index (χ1) is 15.0. The maximum Gasteiger partial charge on any atom is 0.410 e. The maximum absolute atomic E-state index is 12.4. The summed E-state index contributed by atoms with van der Waals surface area (Å²) >= 11 is 0. The Labute approximate surface area is 191 Å². The zero-order chi connectivity index (χ0) is 24.1. The number of hydrogen-bond donors (Lipinski definition) is 2. The van der Waals surface area contributed by atoms with Crippen molar-refractivity contribution >= 4 is 18.0 Å². The van der Waals surface area contributed by atoms with Crippen molar-refractivity contribution in [1.29, 1.82) is 0 Å². The monoisotopic (exact) mass is 450 g/mol. The number of hydrazine groups is 1. The second kappa shape index (κ2) is 13.7. The molecule has 1 rings (SSSR count). The van der Waals surface area contributed by atoms with Crippen LogP contribution in [0.15, 0.2) is 30.3 Å². The van der Waals surface area contributed by atoms with Crippen molar-refractivity contribution in [3.05, 3.63) is 35.9 Å². The Morgan fingerprint density at radius 1 is 1.06 bits per heavy atom. The van der Waals surface area contributed by atoms with Gasteiger partial charge in [0.05, 0.1) is 12.6 Å². The molecule has 0 aliphatic rings. The number of ether oxygens (including phenoxy) is 2. The predicted octanol–water partition coefficient (Wildman–Crippen LogP) is 2.58. The third-order valence-electron chi connectivity index (χ3n) is 4.62. The highest BCUT2D eigenvalue weighted by Crippen LogP contribution is 2.11. The lowest BCUT2D eigenvalue weighted by Gasteiger charge is -2.25. The summed E-state index contributed by atoms with van der Waals surface area (Å²) in [5.74, 6) is 5.19. The molecule has 0 aliphatic carbocycles. The zero-order valence-electron chi connectivity index (χ0n) is 19.7. The Morgan fingerprint density at radius 3 is 2.31 bits per heavy atom. The van der Waals surface area contributed by atoms with E-state index in [0.717, 1.165) is 10.6 Å². The first-order valence-corrected chi connectivity index (χ1v) is 11.0. The van der Waals surface area contributed by atoms with Crippen LogP contribution in [0.4, 0.5) is 4.79 Å². The zero-order valence-corrected chi connectivity index (χ0v) is 19.7. The number of esters is 1. The van der Waals surface area contributed by atoms with Gasteiger partial charge in [0.15, 0.2) is 0 Å². The van der Waals surface area contributed by atoms with Crippen LogP contribution in [0.3, 0.4) is 0 Å². The van der Waals surface area contributed by atoms with Crippen LogP contribution in [-0.4, -0.2) is 59.2 Å². The van der Waals surface area contributed by atoms with E-state index in [0.29, 0.717) is 25.8 Å². The smallest absolute Gasteiger partial charge is 0.410 e. The summed E-state index contributed by atoms with van der Waals surface area (Å²) in [6.45, 7) is 8.25. The van der Waals surface area contributed by atoms with Gasteiger partial charge in [0.1, 0.15) is 12.2 Å². The Morgan fingerprint density at radius 2 is 1.72 bits per heavy atom. The molecule has 2 amide bonds. The van der Waals surface area contributed by atoms with Crippen molar-refractivity contribution in [3.63, 3.8) is 0 Å². The Bertz CT molecular complexity index is 721. The van der Waals surface area contributed by atoms with E-state index in [9.17, 15) is 14.4 Å². The van der Waals surface area contributed by atoms with Crippen LogP contribution in [0, 0.1) is 0 Å². The van der Waals surface area contributed by atoms with Crippen molar-refractivity contribution in [1.82, 2.24) is 9.91 Å². The fraction of sp³-hybridized carbons (Fsp3) is 0.609. The van der Waals surface area contributed by atoms with Crippen molar-refractivity contribution in [2.24, 2.45) is 11.6 Å². The van der Waals surface area contributed by atoms with Gasteiger partial charge < -0.3 is 20.1 Å². The minimum Gasteiger partial charge on any atom is -0.460 e. The third-order valence-corrected chi connectivity index (χ3v) is 4.62. The summed E-state index contributed by atoms with van der Waals surface area (Å²) in [6.07, 6.45) is 1.40. The van der Waals surface area contributed by atoms with Gasteiger partial charge in [-0.2, -0.15) is 0 Å². The first-order valence-electron chi connectivity index (χ1n) is 11.0. The van der Waals surface area contributed by atoms with E-state index >= 15 is 0 Å². The van der Waals surface area contributed by atoms with Crippen LogP contribution < -0.4 is 11.6 Å². The average molecular weight is 451 g/mol. The van der Waals surface area contributed by atoms with Crippen molar-refractivity contribution in [2.75, 3.05) is 19.6 Å². The van der Waals surface area contributed by atoms with Crippen LogP contribution >= 0.6 is 0 Å². The van der Waals surface area contributed by atoms with E-state index in [1.54, 1.807) is 0 Å². The number of benzene rings is 1. The average Bonchev–Trinajstić information content (AvgIpc) is 2.74. The predicted molar refractivity (Wildman–Crippen MR) is 122 cm³/mol. The van der Waals surface area contributed by atoms with E-state index < -0.39 is 23.6 Å². The molecule has 0 aromatic heterocycles. The summed E-state index contributed by atoms with van der Waals surface area (Å²) in [7, 11) is 0. The maximum atomic E-state index is 12.4. The molecule has 0 aliphatic heterocycles. The molecule has 1 atom stereocenters. The van der Waals surface area contributed by atoms with Gasteiger partial charge in [-0.3, -0.25) is 14.6 Å². The molecule has 0 saturated carbocycles. The van der Waals surface area contributed by atoms with Crippen LogP contribution in [0.5, 0.6) is 0 Å². The Balaban J connectivity index is 2.33. The molecule has 0 saturated heterocycles. The van der Waals surface area contributed by atoms with Gasteiger partial charge in [-0.15, -0.1) is 0 Å². The van der Waals surface area contributed by atoms with Crippen LogP contribution in [0.1, 0.15) is 58.9 Å². The number of likely N-dealkylation sites (N-methyl/N-ethyl adjacent to an activating group) is 1. The van der Waals surface area contributed by atoms with Gasteiger partial charge in [-0.25, -0.2) is 10.6 Å². The molecule has 1 aromatic rings. The second-order valence-corrected chi connectivity index (χ2v) is 8.59. The molecule has 9 heteroatoms. The molecule has 9 nitrogen and oxygen atoms in total. The Hall–Kier alpha value is -2.65. The molecule has 0 bridgehead atoms. The summed E-state index contributed by atoms with van der Waals surface area (Å²) < 4.78 is 10.6. The summed E-state index contributed by atoms with van der Waals surface area (Å²) in [6, 6.07) is 8.62. The molecule has 0 heterocycles. The fourth-order valence-corrected chi connectivity index (χ4v) is 2.89. The van der Waals surface area contributed by atoms with Crippen LogP contribution in [-0.2, 0) is 25.7 Å². The van der Waals surface area contributed by atoms with Crippen molar-refractivity contribution in [3.8, 4) is 0 Å². The molecular weight excluding hydrogens is 412 g/mol. The molecular formula is C23H38N4O5. The molecule has 4 N–H and O–H groups in total. The fourth-order valence-electron chi connectivity index (χ4n) is 2.89. The second-order valence-electron chi connectivity index (χ2n) is 8.59. The summed E-state index contributed by atoms with van der Waals surface area (Å²) in [4.78, 5) is 37.9. The van der Waals surface area contributed by atoms with Crippen LogP contribution in [0.2, 0.25) is 0 Å². The Kier molecular flexibility index (Phi) is 11.7. The van der Waals surface area contributed by atoms with E-state index in [1.807, 2.05) is 58.0 Å². The van der Waals surface area contributed by atoms with Gasteiger partial charge in [-0.1, -0.05) is 36.8 Å². The number of nitrogens with two attached hydrogens (primary N) is 2. The standard InChI is InChI=1S/C23H38N4O5/c1-5-26(22(30)31-17-18-11-7-6-8-12-18)15-16-27(25)21(29)19(24)13-9-10-14-20(28)32-23(2,3)4/h6-8,11-12,19H,5,9-10,13-17,24-25H2,1-4H3/t19-/m0/s1. The quantitative estimate of drug-likeness (QED) is 0.165. The third kappa shape index (κ3) is 11.1. The highest BCUT2D eigenvalue weighted by atomic mass is 16.6.